The molecule has 0 saturated heterocycles. The number of thiazole rings is 1. The van der Waals surface area contributed by atoms with Crippen LogP contribution in [0, 0.1) is 0 Å². The minimum Gasteiger partial charge on any atom is -0.368 e. The van der Waals surface area contributed by atoms with Crippen LogP contribution in [0.5, 0.6) is 0 Å². The fraction of sp³-hybridized carbons (Fsp3) is 0.438. The summed E-state index contributed by atoms with van der Waals surface area (Å²) >= 11 is 5.25. The Bertz CT molecular complexity index is 590. The number of rotatable bonds is 4. The quantitative estimate of drug-likeness (QED) is 0.737. The molecule has 0 unspecified atom stereocenters. The summed E-state index contributed by atoms with van der Waals surface area (Å²) in [5.74, 6) is 0. The van der Waals surface area contributed by atoms with E-state index in [2.05, 4.69) is 40.4 Å². The van der Waals surface area contributed by atoms with E-state index in [1.807, 2.05) is 12.1 Å². The molecular formula is C16H18BrNOS. The van der Waals surface area contributed by atoms with Gasteiger partial charge >= 0.3 is 0 Å². The van der Waals surface area contributed by atoms with Crippen molar-refractivity contribution in [1.82, 2.24) is 4.98 Å². The highest BCUT2D eigenvalue weighted by Crippen LogP contribution is 2.44. The Morgan fingerprint density at radius 3 is 2.85 bits per heavy atom. The Hall–Kier alpha value is -0.710. The lowest BCUT2D eigenvalue weighted by Gasteiger charge is -2.26. The topological polar surface area (TPSA) is 22.1 Å². The fourth-order valence-electron chi connectivity index (χ4n) is 2.91. The smallest absolute Gasteiger partial charge is 0.125 e. The number of nitrogens with zero attached hydrogens (tertiary/aromatic N) is 1. The summed E-state index contributed by atoms with van der Waals surface area (Å²) in [6.45, 7) is 2.83. The van der Waals surface area contributed by atoms with E-state index in [4.69, 9.17) is 9.72 Å². The molecule has 3 rings (SSSR count). The maximum Gasteiger partial charge on any atom is 0.125 e. The van der Waals surface area contributed by atoms with Crippen molar-refractivity contribution in [2.24, 2.45) is 0 Å². The Labute approximate surface area is 132 Å². The van der Waals surface area contributed by atoms with E-state index >= 15 is 0 Å². The normalized spacial score (nSPS) is 17.5. The molecule has 1 aromatic carbocycles. The van der Waals surface area contributed by atoms with Crippen LogP contribution in [0.3, 0.4) is 0 Å². The highest BCUT2D eigenvalue weighted by molar-refractivity contribution is 9.10. The first-order valence-corrected chi connectivity index (χ1v) is 8.77. The predicted octanol–water partition coefficient (Wildman–Crippen LogP) is 5.38. The van der Waals surface area contributed by atoms with Crippen molar-refractivity contribution in [3.63, 3.8) is 0 Å². The van der Waals surface area contributed by atoms with E-state index in [0.717, 1.165) is 40.2 Å². The lowest BCUT2D eigenvalue weighted by molar-refractivity contribution is -0.0390. The number of hydrogen-bond acceptors (Lipinski definition) is 3. The summed E-state index contributed by atoms with van der Waals surface area (Å²) < 4.78 is 7.18. The van der Waals surface area contributed by atoms with E-state index in [-0.39, 0.29) is 5.60 Å². The molecule has 2 nitrogen and oxygen atoms in total. The summed E-state index contributed by atoms with van der Waals surface area (Å²) in [6, 6.07) is 8.30. The van der Waals surface area contributed by atoms with E-state index in [1.54, 1.807) is 11.3 Å². The monoisotopic (exact) mass is 351 g/mol. The molecular weight excluding hydrogens is 334 g/mol. The third-order valence-corrected chi connectivity index (χ3v) is 5.37. The van der Waals surface area contributed by atoms with Crippen LogP contribution in [-0.2, 0) is 10.3 Å². The second kappa shape index (κ2) is 5.96. The molecule has 0 bridgehead atoms. The van der Waals surface area contributed by atoms with Crippen LogP contribution in [0.4, 0.5) is 0 Å². The molecule has 1 aromatic heterocycles. The van der Waals surface area contributed by atoms with Gasteiger partial charge < -0.3 is 4.74 Å². The standard InChI is InChI=1S/C16H18BrNOS/c1-2-19-16(8-3-4-9-16)15-18-14(11-20-15)12-6-5-7-13(17)10-12/h5-7,10-11H,2-4,8-9H2,1H3. The molecule has 1 saturated carbocycles. The van der Waals surface area contributed by atoms with Crippen molar-refractivity contribution < 1.29 is 4.74 Å². The van der Waals surface area contributed by atoms with Gasteiger partial charge in [-0.1, -0.05) is 40.9 Å². The molecule has 0 spiro atoms. The zero-order valence-electron chi connectivity index (χ0n) is 11.6. The summed E-state index contributed by atoms with van der Waals surface area (Å²) in [4.78, 5) is 4.87. The second-order valence-corrected chi connectivity index (χ2v) is 6.96. The molecule has 1 aliphatic carbocycles. The SMILES string of the molecule is CCOC1(c2nc(-c3cccc(Br)c3)cs2)CCCC1. The number of ether oxygens (including phenoxy) is 1. The zero-order valence-corrected chi connectivity index (χ0v) is 14.0. The first-order valence-electron chi connectivity index (χ1n) is 7.09. The first kappa shape index (κ1) is 14.2. The van der Waals surface area contributed by atoms with E-state index in [9.17, 15) is 0 Å². The van der Waals surface area contributed by atoms with Crippen molar-refractivity contribution in [1.29, 1.82) is 0 Å². The number of halogens is 1. The number of hydrogen-bond donors (Lipinski definition) is 0. The molecule has 0 N–H and O–H groups in total. The van der Waals surface area contributed by atoms with Gasteiger partial charge in [-0.3, -0.25) is 0 Å². The molecule has 0 amide bonds. The van der Waals surface area contributed by atoms with Gasteiger partial charge in [-0.05, 0) is 31.9 Å². The maximum atomic E-state index is 6.09. The van der Waals surface area contributed by atoms with E-state index in [1.165, 1.54) is 12.8 Å². The lowest BCUT2D eigenvalue weighted by Crippen LogP contribution is -2.25. The van der Waals surface area contributed by atoms with Crippen LogP contribution in [0.2, 0.25) is 0 Å². The van der Waals surface area contributed by atoms with Gasteiger partial charge in [-0.2, -0.15) is 0 Å². The molecule has 1 aliphatic rings. The van der Waals surface area contributed by atoms with Gasteiger partial charge in [0.2, 0.25) is 0 Å². The third kappa shape index (κ3) is 2.69. The lowest BCUT2D eigenvalue weighted by atomic mass is 10.0. The fourth-order valence-corrected chi connectivity index (χ4v) is 4.35. The van der Waals surface area contributed by atoms with Gasteiger partial charge in [0, 0.05) is 22.0 Å². The Morgan fingerprint density at radius 2 is 2.15 bits per heavy atom. The highest BCUT2D eigenvalue weighted by atomic mass is 79.9. The molecule has 2 aromatic rings. The highest BCUT2D eigenvalue weighted by Gasteiger charge is 2.39. The Morgan fingerprint density at radius 1 is 1.35 bits per heavy atom. The third-order valence-electron chi connectivity index (χ3n) is 3.85. The van der Waals surface area contributed by atoms with Gasteiger partial charge in [0.05, 0.1) is 5.69 Å². The first-order chi connectivity index (χ1) is 9.73. The molecule has 0 radical (unpaired) electrons. The number of aromatic nitrogens is 1. The molecule has 1 fully saturated rings. The Kier molecular flexibility index (Phi) is 4.24. The average molecular weight is 352 g/mol. The van der Waals surface area contributed by atoms with Crippen LogP contribution in [0.25, 0.3) is 11.3 Å². The average Bonchev–Trinajstić information content (AvgIpc) is 3.08. The minimum atomic E-state index is -0.121. The zero-order chi connectivity index (χ0) is 14.0. The van der Waals surface area contributed by atoms with E-state index in [0.29, 0.717) is 0 Å². The molecule has 4 heteroatoms. The summed E-state index contributed by atoms with van der Waals surface area (Å²) in [6.07, 6.45) is 4.69. The van der Waals surface area contributed by atoms with Gasteiger partial charge in [0.15, 0.2) is 0 Å². The summed E-state index contributed by atoms with van der Waals surface area (Å²) in [5, 5.41) is 3.29. The van der Waals surface area contributed by atoms with Crippen molar-refractivity contribution in [3.05, 3.63) is 39.1 Å². The van der Waals surface area contributed by atoms with Gasteiger partial charge in [-0.25, -0.2) is 4.98 Å². The van der Waals surface area contributed by atoms with Crippen LogP contribution in [0.1, 0.15) is 37.6 Å². The largest absolute Gasteiger partial charge is 0.368 e. The van der Waals surface area contributed by atoms with Crippen molar-refractivity contribution in [2.75, 3.05) is 6.61 Å². The molecule has 1 heterocycles. The molecule has 20 heavy (non-hydrogen) atoms. The predicted molar refractivity (Wildman–Crippen MR) is 87.0 cm³/mol. The maximum absolute atomic E-state index is 6.09. The van der Waals surface area contributed by atoms with Crippen LogP contribution >= 0.6 is 27.3 Å². The molecule has 106 valence electrons. The molecule has 0 atom stereocenters. The van der Waals surface area contributed by atoms with Gasteiger partial charge in [0.25, 0.3) is 0 Å². The van der Waals surface area contributed by atoms with Gasteiger partial charge in [-0.15, -0.1) is 11.3 Å². The van der Waals surface area contributed by atoms with Crippen molar-refractivity contribution in [2.45, 2.75) is 38.2 Å². The summed E-state index contributed by atoms with van der Waals surface area (Å²) in [5.41, 5.74) is 2.09. The van der Waals surface area contributed by atoms with E-state index < -0.39 is 0 Å². The second-order valence-electron chi connectivity index (χ2n) is 5.18. The van der Waals surface area contributed by atoms with Crippen LogP contribution < -0.4 is 0 Å². The van der Waals surface area contributed by atoms with Crippen LogP contribution in [-0.4, -0.2) is 11.6 Å². The number of benzene rings is 1. The van der Waals surface area contributed by atoms with Crippen molar-refractivity contribution >= 4 is 27.3 Å². The molecule has 0 aliphatic heterocycles. The van der Waals surface area contributed by atoms with Crippen LogP contribution in [0.15, 0.2) is 34.1 Å². The summed E-state index contributed by atoms with van der Waals surface area (Å²) in [7, 11) is 0. The van der Waals surface area contributed by atoms with Crippen molar-refractivity contribution in [3.8, 4) is 11.3 Å². The minimum absolute atomic E-state index is 0.121. The Balaban J connectivity index is 1.93. The van der Waals surface area contributed by atoms with Gasteiger partial charge in [0.1, 0.15) is 10.6 Å².